The molecule has 0 saturated carbocycles. The lowest BCUT2D eigenvalue weighted by atomic mass is 10.1. The van der Waals surface area contributed by atoms with Crippen LogP contribution in [0.15, 0.2) is 35.2 Å². The van der Waals surface area contributed by atoms with Crippen LogP contribution in [-0.2, 0) is 0 Å². The second-order valence-electron chi connectivity index (χ2n) is 2.62. The monoisotopic (exact) mass is 134 g/mol. The summed E-state index contributed by atoms with van der Waals surface area (Å²) in [5.41, 5.74) is 9.13. The van der Waals surface area contributed by atoms with Gasteiger partial charge in [-0.25, -0.2) is 0 Å². The maximum atomic E-state index is 5.64. The van der Waals surface area contributed by atoms with Gasteiger partial charge in [0.25, 0.3) is 0 Å². The van der Waals surface area contributed by atoms with Crippen molar-refractivity contribution < 1.29 is 0 Å². The van der Waals surface area contributed by atoms with E-state index in [2.05, 4.69) is 17.5 Å². The molecule has 2 aliphatic rings. The van der Waals surface area contributed by atoms with Crippen LogP contribution in [0.4, 0.5) is 0 Å². The van der Waals surface area contributed by atoms with Crippen LogP contribution in [0.5, 0.6) is 0 Å². The van der Waals surface area contributed by atoms with E-state index in [1.165, 1.54) is 11.3 Å². The summed E-state index contributed by atoms with van der Waals surface area (Å²) >= 11 is 0. The predicted molar refractivity (Wildman–Crippen MR) is 41.1 cm³/mol. The highest BCUT2D eigenvalue weighted by atomic mass is 14.9. The molecule has 1 aliphatic heterocycles. The Morgan fingerprint density at radius 2 is 2.40 bits per heavy atom. The SMILES string of the molecule is NC1=CC2=C(C=CCN2)C1. The molecule has 0 aromatic heterocycles. The van der Waals surface area contributed by atoms with Gasteiger partial charge in [0, 0.05) is 24.4 Å². The molecule has 10 heavy (non-hydrogen) atoms. The summed E-state index contributed by atoms with van der Waals surface area (Å²) in [6, 6.07) is 0. The summed E-state index contributed by atoms with van der Waals surface area (Å²) in [5.74, 6) is 0. The highest BCUT2D eigenvalue weighted by Gasteiger charge is 2.12. The number of hydrogen-bond donors (Lipinski definition) is 2. The maximum Gasteiger partial charge on any atom is 0.0396 e. The number of hydrogen-bond acceptors (Lipinski definition) is 2. The van der Waals surface area contributed by atoms with E-state index in [9.17, 15) is 0 Å². The molecule has 0 spiro atoms. The summed E-state index contributed by atoms with van der Waals surface area (Å²) in [5, 5.41) is 3.25. The topological polar surface area (TPSA) is 38.0 Å². The summed E-state index contributed by atoms with van der Waals surface area (Å²) in [6.07, 6.45) is 7.19. The Morgan fingerprint density at radius 3 is 3.20 bits per heavy atom. The van der Waals surface area contributed by atoms with Crippen molar-refractivity contribution in [3.05, 3.63) is 35.2 Å². The van der Waals surface area contributed by atoms with E-state index >= 15 is 0 Å². The molecule has 2 heteroatoms. The molecular weight excluding hydrogens is 124 g/mol. The lowest BCUT2D eigenvalue weighted by molar-refractivity contribution is 0.907. The molecule has 1 heterocycles. The van der Waals surface area contributed by atoms with Crippen LogP contribution >= 0.6 is 0 Å². The highest BCUT2D eigenvalue weighted by molar-refractivity contribution is 5.44. The Bertz CT molecular complexity index is 246. The Labute approximate surface area is 60.1 Å². The number of dihydropyridines is 1. The fourth-order valence-corrected chi connectivity index (χ4v) is 1.33. The van der Waals surface area contributed by atoms with Gasteiger partial charge in [0.15, 0.2) is 0 Å². The summed E-state index contributed by atoms with van der Waals surface area (Å²) in [4.78, 5) is 0. The zero-order valence-electron chi connectivity index (χ0n) is 5.72. The van der Waals surface area contributed by atoms with Gasteiger partial charge in [-0.1, -0.05) is 12.2 Å². The quantitative estimate of drug-likeness (QED) is 0.510. The van der Waals surface area contributed by atoms with Gasteiger partial charge in [-0.3, -0.25) is 0 Å². The molecular formula is C8H10N2. The van der Waals surface area contributed by atoms with Gasteiger partial charge in [0.2, 0.25) is 0 Å². The minimum absolute atomic E-state index is 0.916. The molecule has 1 aliphatic carbocycles. The van der Waals surface area contributed by atoms with Crippen molar-refractivity contribution in [2.45, 2.75) is 6.42 Å². The van der Waals surface area contributed by atoms with E-state index in [4.69, 9.17) is 5.73 Å². The molecule has 3 N–H and O–H groups in total. The van der Waals surface area contributed by atoms with Gasteiger partial charge in [0.1, 0.15) is 0 Å². The third-order valence-electron chi connectivity index (χ3n) is 1.80. The molecule has 0 radical (unpaired) electrons. The number of nitrogens with two attached hydrogens (primary N) is 1. The molecule has 0 fully saturated rings. The third kappa shape index (κ3) is 0.727. The van der Waals surface area contributed by atoms with Crippen LogP contribution in [0.25, 0.3) is 0 Å². The summed E-state index contributed by atoms with van der Waals surface area (Å²) in [6.45, 7) is 0.933. The smallest absolute Gasteiger partial charge is 0.0396 e. The molecule has 0 unspecified atom stereocenters. The van der Waals surface area contributed by atoms with E-state index in [0.717, 1.165) is 18.7 Å². The normalized spacial score (nSPS) is 22.2. The fraction of sp³-hybridized carbons (Fsp3) is 0.250. The molecule has 0 aromatic rings. The van der Waals surface area contributed by atoms with Gasteiger partial charge >= 0.3 is 0 Å². The van der Waals surface area contributed by atoms with Crippen LogP contribution in [0.2, 0.25) is 0 Å². The minimum Gasteiger partial charge on any atom is -0.402 e. The first-order valence-electron chi connectivity index (χ1n) is 3.46. The van der Waals surface area contributed by atoms with Gasteiger partial charge in [-0.2, -0.15) is 0 Å². The van der Waals surface area contributed by atoms with E-state index in [1.807, 2.05) is 6.08 Å². The Kier molecular flexibility index (Phi) is 1.07. The van der Waals surface area contributed by atoms with Gasteiger partial charge in [-0.05, 0) is 11.6 Å². The van der Waals surface area contributed by atoms with E-state index in [0.29, 0.717) is 0 Å². The van der Waals surface area contributed by atoms with Gasteiger partial charge in [0.05, 0.1) is 0 Å². The van der Waals surface area contributed by atoms with Crippen LogP contribution in [-0.4, -0.2) is 6.54 Å². The van der Waals surface area contributed by atoms with Crippen molar-refractivity contribution in [2.75, 3.05) is 6.54 Å². The highest BCUT2D eigenvalue weighted by Crippen LogP contribution is 2.23. The van der Waals surface area contributed by atoms with E-state index < -0.39 is 0 Å². The number of allylic oxidation sites excluding steroid dienone is 3. The lowest BCUT2D eigenvalue weighted by Crippen LogP contribution is -2.14. The zero-order valence-corrected chi connectivity index (χ0v) is 5.72. The maximum absolute atomic E-state index is 5.64. The number of nitrogens with one attached hydrogen (secondary N) is 1. The lowest BCUT2D eigenvalue weighted by Gasteiger charge is -2.08. The minimum atomic E-state index is 0.916. The third-order valence-corrected chi connectivity index (χ3v) is 1.80. The molecule has 52 valence electrons. The van der Waals surface area contributed by atoms with Gasteiger partial charge < -0.3 is 11.1 Å². The largest absolute Gasteiger partial charge is 0.402 e. The summed E-state index contributed by atoms with van der Waals surface area (Å²) in [7, 11) is 0. The zero-order chi connectivity index (χ0) is 6.97. The van der Waals surface area contributed by atoms with E-state index in [-0.39, 0.29) is 0 Å². The second-order valence-corrected chi connectivity index (χ2v) is 2.62. The standard InChI is InChI=1S/C8H10N2/c9-7-4-6-2-1-3-10-8(6)5-7/h1-2,5,10H,3-4,9H2. The molecule has 0 amide bonds. The van der Waals surface area contributed by atoms with Crippen LogP contribution in [0.1, 0.15) is 6.42 Å². The molecule has 0 aromatic carbocycles. The molecule has 0 bridgehead atoms. The van der Waals surface area contributed by atoms with Crippen molar-refractivity contribution in [2.24, 2.45) is 5.73 Å². The van der Waals surface area contributed by atoms with Crippen molar-refractivity contribution >= 4 is 0 Å². The van der Waals surface area contributed by atoms with Crippen molar-refractivity contribution in [3.63, 3.8) is 0 Å². The van der Waals surface area contributed by atoms with E-state index in [1.54, 1.807) is 0 Å². The van der Waals surface area contributed by atoms with Crippen molar-refractivity contribution in [1.82, 2.24) is 5.32 Å². The first kappa shape index (κ1) is 5.59. The van der Waals surface area contributed by atoms with Crippen LogP contribution < -0.4 is 11.1 Å². The summed E-state index contributed by atoms with van der Waals surface area (Å²) < 4.78 is 0. The first-order chi connectivity index (χ1) is 4.86. The predicted octanol–water partition coefficient (Wildman–Crippen LogP) is 0.646. The first-order valence-corrected chi connectivity index (χ1v) is 3.46. The average molecular weight is 134 g/mol. The molecule has 0 atom stereocenters. The Balaban J connectivity index is 2.31. The average Bonchev–Trinajstić information content (AvgIpc) is 2.27. The van der Waals surface area contributed by atoms with Crippen molar-refractivity contribution in [3.8, 4) is 0 Å². The molecule has 2 rings (SSSR count). The number of rotatable bonds is 0. The second kappa shape index (κ2) is 1.90. The van der Waals surface area contributed by atoms with Crippen LogP contribution in [0, 0.1) is 0 Å². The Morgan fingerprint density at radius 1 is 1.50 bits per heavy atom. The van der Waals surface area contributed by atoms with Crippen molar-refractivity contribution in [1.29, 1.82) is 0 Å². The van der Waals surface area contributed by atoms with Gasteiger partial charge in [-0.15, -0.1) is 0 Å². The molecule has 2 nitrogen and oxygen atoms in total. The van der Waals surface area contributed by atoms with Crippen LogP contribution in [0.3, 0.4) is 0 Å². The fourth-order valence-electron chi connectivity index (χ4n) is 1.33. The Hall–Kier alpha value is -1.18. The molecule has 0 saturated heterocycles.